The molecule has 0 saturated heterocycles. The fraction of sp³-hybridized carbons (Fsp3) is 0.333. The average molecular weight is 216 g/mol. The van der Waals surface area contributed by atoms with Gasteiger partial charge in [0.2, 0.25) is 0 Å². The normalized spacial score (nSPS) is 13.5. The number of ether oxygens (including phenoxy) is 2. The largest absolute Gasteiger partial charge is 0.398 e. The summed E-state index contributed by atoms with van der Waals surface area (Å²) in [5.74, 6) is -4.74. The van der Waals surface area contributed by atoms with Crippen LogP contribution in [-0.2, 0) is 19.1 Å². The van der Waals surface area contributed by atoms with E-state index in [0.29, 0.717) is 0 Å². The fourth-order valence-corrected chi connectivity index (χ4v) is 0.516. The average Bonchev–Trinajstić information content (AvgIpc) is 2.17. The van der Waals surface area contributed by atoms with Gasteiger partial charge in [0.05, 0.1) is 0 Å². The van der Waals surface area contributed by atoms with E-state index in [-0.39, 0.29) is 5.57 Å². The van der Waals surface area contributed by atoms with Gasteiger partial charge in [0, 0.05) is 11.6 Å². The maximum atomic E-state index is 11.0. The predicted octanol–water partition coefficient (Wildman–Crippen LogP) is -0.527. The van der Waals surface area contributed by atoms with Gasteiger partial charge in [-0.05, 0) is 6.92 Å². The molecule has 0 radical (unpaired) electrons. The molecule has 15 heavy (non-hydrogen) atoms. The van der Waals surface area contributed by atoms with E-state index >= 15 is 0 Å². The molecule has 84 valence electrons. The molecule has 0 saturated carbocycles. The summed E-state index contributed by atoms with van der Waals surface area (Å²) in [7, 11) is 0. The first kappa shape index (κ1) is 13.3. The zero-order chi connectivity index (χ0) is 12.1. The zero-order valence-corrected chi connectivity index (χ0v) is 8.23. The third-order valence-electron chi connectivity index (χ3n) is 1.23. The molecule has 0 aromatic rings. The van der Waals surface area contributed by atoms with Gasteiger partial charge in [-0.3, -0.25) is 0 Å². The number of hydrogen-bond donors (Lipinski definition) is 2. The van der Waals surface area contributed by atoms with Crippen LogP contribution < -0.4 is 0 Å². The minimum Gasteiger partial charge on any atom is -0.393 e. The van der Waals surface area contributed by atoms with Gasteiger partial charge in [0.1, 0.15) is 6.61 Å². The van der Waals surface area contributed by atoms with Crippen LogP contribution in [0, 0.1) is 0 Å². The lowest BCUT2D eigenvalue weighted by Crippen LogP contribution is -2.43. The molecule has 0 aromatic heterocycles. The molecule has 1 atom stereocenters. The first-order chi connectivity index (χ1) is 6.84. The number of rotatable bonds is 5. The second-order valence-electron chi connectivity index (χ2n) is 2.67. The van der Waals surface area contributed by atoms with Crippen molar-refractivity contribution in [2.75, 3.05) is 6.61 Å². The van der Waals surface area contributed by atoms with Crippen molar-refractivity contribution in [1.82, 2.24) is 0 Å². The monoisotopic (exact) mass is 216 g/mol. The Balaban J connectivity index is 4.56. The quantitative estimate of drug-likeness (QED) is 0.364. The summed E-state index contributed by atoms with van der Waals surface area (Å²) in [4.78, 5) is 21.7. The van der Waals surface area contributed by atoms with Gasteiger partial charge >= 0.3 is 17.9 Å². The van der Waals surface area contributed by atoms with E-state index in [1.54, 1.807) is 0 Å². The van der Waals surface area contributed by atoms with Crippen LogP contribution in [0.2, 0.25) is 0 Å². The van der Waals surface area contributed by atoms with Crippen molar-refractivity contribution in [3.05, 3.63) is 24.8 Å². The first-order valence-electron chi connectivity index (χ1n) is 3.92. The number of carbonyl (C=O) groups excluding carboxylic acids is 2. The van der Waals surface area contributed by atoms with E-state index in [1.807, 2.05) is 0 Å². The van der Waals surface area contributed by atoms with Crippen molar-refractivity contribution >= 4 is 11.9 Å². The van der Waals surface area contributed by atoms with Gasteiger partial charge < -0.3 is 19.7 Å². The summed E-state index contributed by atoms with van der Waals surface area (Å²) in [6, 6.07) is 0. The molecular weight excluding hydrogens is 204 g/mol. The molecule has 0 spiro atoms. The zero-order valence-electron chi connectivity index (χ0n) is 8.23. The topological polar surface area (TPSA) is 93.1 Å². The van der Waals surface area contributed by atoms with Gasteiger partial charge in [0.15, 0.2) is 0 Å². The Morgan fingerprint density at radius 2 is 2.00 bits per heavy atom. The van der Waals surface area contributed by atoms with Crippen LogP contribution in [0.1, 0.15) is 6.92 Å². The van der Waals surface area contributed by atoms with E-state index < -0.39 is 24.5 Å². The minimum atomic E-state index is -2.71. The van der Waals surface area contributed by atoms with Crippen LogP contribution in [-0.4, -0.2) is 34.7 Å². The van der Waals surface area contributed by atoms with Crippen LogP contribution in [0.25, 0.3) is 0 Å². The van der Waals surface area contributed by atoms with Crippen LogP contribution >= 0.6 is 0 Å². The molecule has 0 rings (SSSR count). The van der Waals surface area contributed by atoms with E-state index in [1.165, 1.54) is 6.92 Å². The maximum absolute atomic E-state index is 11.0. The summed E-state index contributed by atoms with van der Waals surface area (Å²) in [6.07, 6.45) is 0.745. The Bertz CT molecular complexity index is 295. The van der Waals surface area contributed by atoms with Crippen molar-refractivity contribution in [2.24, 2.45) is 0 Å². The standard InChI is InChI=1S/C9H12O6/c1-4-7(11)14-9(13,5-10)15-8(12)6(2)3/h4,10,13H,1-2,5H2,3H3. The molecule has 0 aliphatic rings. The van der Waals surface area contributed by atoms with Crippen LogP contribution in [0.5, 0.6) is 0 Å². The van der Waals surface area contributed by atoms with Gasteiger partial charge in [0.25, 0.3) is 0 Å². The summed E-state index contributed by atoms with van der Waals surface area (Å²) in [6.45, 7) is 6.55. The maximum Gasteiger partial charge on any atom is 0.398 e. The molecule has 1 unspecified atom stereocenters. The molecule has 6 nitrogen and oxygen atoms in total. The minimum absolute atomic E-state index is 0.0171. The van der Waals surface area contributed by atoms with Crippen molar-refractivity contribution in [1.29, 1.82) is 0 Å². The second kappa shape index (κ2) is 5.28. The molecule has 0 fully saturated rings. The van der Waals surface area contributed by atoms with E-state index in [0.717, 1.165) is 6.08 Å². The van der Waals surface area contributed by atoms with Crippen LogP contribution in [0.3, 0.4) is 0 Å². The highest BCUT2D eigenvalue weighted by atomic mass is 16.8. The highest BCUT2D eigenvalue weighted by Crippen LogP contribution is 2.11. The Morgan fingerprint density at radius 3 is 2.33 bits per heavy atom. The van der Waals surface area contributed by atoms with Gasteiger partial charge in [-0.1, -0.05) is 13.2 Å². The predicted molar refractivity (Wildman–Crippen MR) is 49.2 cm³/mol. The molecule has 0 aliphatic heterocycles. The van der Waals surface area contributed by atoms with Crippen molar-refractivity contribution < 1.29 is 29.3 Å². The van der Waals surface area contributed by atoms with Crippen molar-refractivity contribution in [3.8, 4) is 0 Å². The molecule has 6 heteroatoms. The molecule has 0 heterocycles. The number of aliphatic hydroxyl groups is 2. The Morgan fingerprint density at radius 1 is 1.47 bits per heavy atom. The lowest BCUT2D eigenvalue weighted by molar-refractivity contribution is -0.333. The fourth-order valence-electron chi connectivity index (χ4n) is 0.516. The molecule has 0 aliphatic carbocycles. The Hall–Kier alpha value is -1.66. The Kier molecular flexibility index (Phi) is 4.69. The van der Waals surface area contributed by atoms with Gasteiger partial charge in [-0.2, -0.15) is 0 Å². The van der Waals surface area contributed by atoms with E-state index in [2.05, 4.69) is 22.6 Å². The lowest BCUT2D eigenvalue weighted by atomic mass is 10.4. The number of aliphatic hydroxyl groups excluding tert-OH is 1. The van der Waals surface area contributed by atoms with Crippen LogP contribution in [0.4, 0.5) is 0 Å². The molecule has 0 aromatic carbocycles. The molecular formula is C9H12O6. The summed E-state index contributed by atoms with van der Waals surface area (Å²) < 4.78 is 8.52. The second-order valence-corrected chi connectivity index (χ2v) is 2.67. The van der Waals surface area contributed by atoms with E-state index in [4.69, 9.17) is 5.11 Å². The SMILES string of the molecule is C=CC(=O)OC(O)(CO)OC(=O)C(=C)C. The highest BCUT2D eigenvalue weighted by Gasteiger charge is 2.35. The van der Waals surface area contributed by atoms with Crippen LogP contribution in [0.15, 0.2) is 24.8 Å². The van der Waals surface area contributed by atoms with Gasteiger partial charge in [-0.25, -0.2) is 9.59 Å². The lowest BCUT2D eigenvalue weighted by Gasteiger charge is -2.24. The molecule has 2 N–H and O–H groups in total. The molecule has 0 bridgehead atoms. The third kappa shape index (κ3) is 4.39. The Labute approximate surface area is 86.4 Å². The van der Waals surface area contributed by atoms with Gasteiger partial charge in [-0.15, -0.1) is 0 Å². The first-order valence-corrected chi connectivity index (χ1v) is 3.92. The van der Waals surface area contributed by atoms with Crippen molar-refractivity contribution in [2.45, 2.75) is 12.9 Å². The van der Waals surface area contributed by atoms with E-state index in [9.17, 15) is 14.7 Å². The smallest absolute Gasteiger partial charge is 0.393 e. The van der Waals surface area contributed by atoms with Crippen molar-refractivity contribution in [3.63, 3.8) is 0 Å². The molecule has 0 amide bonds. The number of carbonyl (C=O) groups is 2. The number of esters is 2. The highest BCUT2D eigenvalue weighted by molar-refractivity contribution is 5.87. The summed E-state index contributed by atoms with van der Waals surface area (Å²) in [5.41, 5.74) is -0.0171. The number of hydrogen-bond acceptors (Lipinski definition) is 6. The third-order valence-corrected chi connectivity index (χ3v) is 1.23. The summed E-state index contributed by atoms with van der Waals surface area (Å²) in [5, 5.41) is 18.0. The summed E-state index contributed by atoms with van der Waals surface area (Å²) >= 11 is 0.